The second-order valence-corrected chi connectivity index (χ2v) is 7.16. The van der Waals surface area contributed by atoms with Gasteiger partial charge in [0.05, 0.1) is 7.11 Å². The number of benzene rings is 1. The quantitative estimate of drug-likeness (QED) is 0.770. The number of esters is 1. The third-order valence-corrected chi connectivity index (χ3v) is 5.22. The lowest BCUT2D eigenvalue weighted by Gasteiger charge is -2.33. The van der Waals surface area contributed by atoms with Crippen molar-refractivity contribution in [3.63, 3.8) is 0 Å². The summed E-state index contributed by atoms with van der Waals surface area (Å²) in [5.41, 5.74) is 1.05. The van der Waals surface area contributed by atoms with Crippen LogP contribution in [0.1, 0.15) is 48.9 Å². The number of hydrogen-bond donors (Lipinski definition) is 2. The number of methoxy groups -OCH3 is 1. The number of carbonyl (C=O) groups excluding carboxylic acids is 3. The van der Waals surface area contributed by atoms with Crippen molar-refractivity contribution >= 4 is 23.5 Å². The molecule has 7 heteroatoms. The molecule has 1 aromatic carbocycles. The van der Waals surface area contributed by atoms with E-state index in [1.807, 2.05) is 0 Å². The predicted octanol–water partition coefficient (Wildman–Crippen LogP) is 1.93. The van der Waals surface area contributed by atoms with Crippen LogP contribution in [-0.2, 0) is 14.3 Å². The molecule has 7 nitrogen and oxygen atoms in total. The number of nitrogens with one attached hydrogen (secondary N) is 2. The summed E-state index contributed by atoms with van der Waals surface area (Å²) in [6, 6.07) is 6.58. The van der Waals surface area contributed by atoms with E-state index in [1.54, 1.807) is 29.2 Å². The predicted molar refractivity (Wildman–Crippen MR) is 101 cm³/mol. The van der Waals surface area contributed by atoms with E-state index in [2.05, 4.69) is 10.6 Å². The Labute approximate surface area is 159 Å². The van der Waals surface area contributed by atoms with E-state index in [-0.39, 0.29) is 23.8 Å². The first kappa shape index (κ1) is 19.4. The van der Waals surface area contributed by atoms with Gasteiger partial charge in [0.25, 0.3) is 5.91 Å². The summed E-state index contributed by atoms with van der Waals surface area (Å²) in [5.74, 6) is -0.653. The molecule has 2 saturated heterocycles. The molecule has 0 saturated carbocycles. The van der Waals surface area contributed by atoms with Gasteiger partial charge in [-0.15, -0.1) is 0 Å². The molecule has 2 unspecified atom stereocenters. The van der Waals surface area contributed by atoms with Crippen molar-refractivity contribution in [1.82, 2.24) is 10.2 Å². The van der Waals surface area contributed by atoms with Crippen LogP contribution in [0.15, 0.2) is 24.3 Å². The minimum atomic E-state index is -0.539. The van der Waals surface area contributed by atoms with Gasteiger partial charge in [0, 0.05) is 30.3 Å². The van der Waals surface area contributed by atoms with Crippen LogP contribution in [0.2, 0.25) is 0 Å². The fourth-order valence-corrected chi connectivity index (χ4v) is 3.82. The van der Waals surface area contributed by atoms with Crippen molar-refractivity contribution in [2.45, 2.75) is 50.6 Å². The van der Waals surface area contributed by atoms with Gasteiger partial charge in [-0.05, 0) is 56.8 Å². The number of likely N-dealkylation sites (tertiary alicyclic amines) is 1. The van der Waals surface area contributed by atoms with Gasteiger partial charge in [-0.3, -0.25) is 9.59 Å². The Morgan fingerprint density at radius 3 is 2.81 bits per heavy atom. The number of carbonyl (C=O) groups is 3. The van der Waals surface area contributed by atoms with E-state index in [4.69, 9.17) is 4.74 Å². The van der Waals surface area contributed by atoms with E-state index >= 15 is 0 Å². The van der Waals surface area contributed by atoms with Crippen LogP contribution in [0, 0.1) is 0 Å². The molecule has 0 radical (unpaired) electrons. The number of rotatable bonds is 5. The van der Waals surface area contributed by atoms with E-state index in [1.165, 1.54) is 7.11 Å². The van der Waals surface area contributed by atoms with Crippen molar-refractivity contribution in [3.05, 3.63) is 29.8 Å². The first-order chi connectivity index (χ1) is 13.1. The zero-order valence-corrected chi connectivity index (χ0v) is 15.7. The van der Waals surface area contributed by atoms with Gasteiger partial charge in [-0.1, -0.05) is 6.07 Å². The van der Waals surface area contributed by atoms with Crippen LogP contribution in [0.4, 0.5) is 5.69 Å². The number of nitrogens with zero attached hydrogens (tertiary/aromatic N) is 1. The average Bonchev–Trinajstić information content (AvgIpc) is 3.19. The van der Waals surface area contributed by atoms with Gasteiger partial charge in [-0.2, -0.15) is 0 Å². The zero-order valence-electron chi connectivity index (χ0n) is 15.7. The topological polar surface area (TPSA) is 87.7 Å². The van der Waals surface area contributed by atoms with Crippen molar-refractivity contribution in [2.75, 3.05) is 25.5 Å². The molecule has 2 aliphatic rings. The van der Waals surface area contributed by atoms with Crippen molar-refractivity contribution in [2.24, 2.45) is 0 Å². The summed E-state index contributed by atoms with van der Waals surface area (Å²) in [5, 5.41) is 6.17. The van der Waals surface area contributed by atoms with Crippen LogP contribution >= 0.6 is 0 Å². The first-order valence-electron chi connectivity index (χ1n) is 9.60. The molecule has 2 amide bonds. The molecule has 0 aliphatic carbocycles. The van der Waals surface area contributed by atoms with E-state index in [0.717, 1.165) is 32.2 Å². The largest absolute Gasteiger partial charge is 0.467 e. The highest BCUT2D eigenvalue weighted by atomic mass is 16.5. The number of ether oxygens (including phenoxy) is 1. The Bertz CT molecular complexity index is 700. The number of amides is 2. The first-order valence-corrected chi connectivity index (χ1v) is 9.60. The molecule has 1 aromatic rings. The minimum Gasteiger partial charge on any atom is -0.467 e. The maximum absolute atomic E-state index is 12.9. The third-order valence-electron chi connectivity index (χ3n) is 5.22. The summed E-state index contributed by atoms with van der Waals surface area (Å²) < 4.78 is 4.85. The second-order valence-electron chi connectivity index (χ2n) is 7.16. The van der Waals surface area contributed by atoms with Gasteiger partial charge in [-0.25, -0.2) is 4.79 Å². The lowest BCUT2D eigenvalue weighted by molar-refractivity contribution is -0.147. The molecule has 2 aliphatic heterocycles. The molecule has 3 rings (SSSR count). The highest BCUT2D eigenvalue weighted by Crippen LogP contribution is 2.22. The van der Waals surface area contributed by atoms with E-state index in [0.29, 0.717) is 30.6 Å². The van der Waals surface area contributed by atoms with E-state index < -0.39 is 6.04 Å². The molecular formula is C20H27N3O4. The maximum Gasteiger partial charge on any atom is 0.328 e. The number of anilines is 1. The maximum atomic E-state index is 12.9. The summed E-state index contributed by atoms with van der Waals surface area (Å²) >= 11 is 0. The lowest BCUT2D eigenvalue weighted by Crippen LogP contribution is -2.48. The second kappa shape index (κ2) is 8.99. The lowest BCUT2D eigenvalue weighted by atomic mass is 10.0. The smallest absolute Gasteiger partial charge is 0.328 e. The van der Waals surface area contributed by atoms with Crippen molar-refractivity contribution in [1.29, 1.82) is 0 Å². The van der Waals surface area contributed by atoms with Crippen LogP contribution < -0.4 is 10.6 Å². The highest BCUT2D eigenvalue weighted by Gasteiger charge is 2.33. The molecule has 0 bridgehead atoms. The molecule has 2 atom stereocenters. The zero-order chi connectivity index (χ0) is 19.2. The highest BCUT2D eigenvalue weighted by molar-refractivity contribution is 5.99. The Morgan fingerprint density at radius 2 is 2.07 bits per heavy atom. The molecule has 2 N–H and O–H groups in total. The third kappa shape index (κ3) is 4.86. The fourth-order valence-electron chi connectivity index (χ4n) is 3.82. The normalized spacial score (nSPS) is 22.3. The standard InChI is InChI=1S/C20H27N3O4/c1-27-20(26)17-9-2-3-11-23(17)19(25)14-6-4-7-16(12-14)22-18(24)13-15-8-5-10-21-15/h4,6-7,12,15,17,21H,2-3,5,8-11,13H2,1H3,(H,22,24). The number of piperidine rings is 1. The molecule has 0 spiro atoms. The van der Waals surface area contributed by atoms with Crippen LogP contribution in [0.5, 0.6) is 0 Å². The molecule has 0 aromatic heterocycles. The van der Waals surface area contributed by atoms with E-state index in [9.17, 15) is 14.4 Å². The van der Waals surface area contributed by atoms with Gasteiger partial charge >= 0.3 is 5.97 Å². The van der Waals surface area contributed by atoms with Crippen LogP contribution in [0.25, 0.3) is 0 Å². The summed E-state index contributed by atoms with van der Waals surface area (Å²) in [6.07, 6.45) is 4.91. The number of hydrogen-bond acceptors (Lipinski definition) is 5. The summed E-state index contributed by atoms with van der Waals surface area (Å²) in [6.45, 7) is 1.49. The molecule has 27 heavy (non-hydrogen) atoms. The fraction of sp³-hybridized carbons (Fsp3) is 0.550. The van der Waals surface area contributed by atoms with Gasteiger partial charge < -0.3 is 20.3 Å². The molecule has 2 fully saturated rings. The van der Waals surface area contributed by atoms with Crippen molar-refractivity contribution in [3.8, 4) is 0 Å². The minimum absolute atomic E-state index is 0.0654. The van der Waals surface area contributed by atoms with Crippen molar-refractivity contribution < 1.29 is 19.1 Å². The van der Waals surface area contributed by atoms with Crippen LogP contribution in [0.3, 0.4) is 0 Å². The molecule has 2 heterocycles. The van der Waals surface area contributed by atoms with Gasteiger partial charge in [0.15, 0.2) is 0 Å². The average molecular weight is 373 g/mol. The summed E-state index contributed by atoms with van der Waals surface area (Å²) in [4.78, 5) is 38.8. The molecular weight excluding hydrogens is 346 g/mol. The summed E-state index contributed by atoms with van der Waals surface area (Å²) in [7, 11) is 1.34. The Balaban J connectivity index is 1.67. The molecule has 146 valence electrons. The van der Waals surface area contributed by atoms with Crippen LogP contribution in [-0.4, -0.2) is 55.0 Å². The van der Waals surface area contributed by atoms with Gasteiger partial charge in [0.2, 0.25) is 5.91 Å². The monoisotopic (exact) mass is 373 g/mol. The SMILES string of the molecule is COC(=O)C1CCCCN1C(=O)c1cccc(NC(=O)CC2CCCN2)c1. The Morgan fingerprint density at radius 1 is 1.22 bits per heavy atom. The Kier molecular flexibility index (Phi) is 6.45. The Hall–Kier alpha value is -2.41. The van der Waals surface area contributed by atoms with Gasteiger partial charge in [0.1, 0.15) is 6.04 Å².